The zero-order valence-corrected chi connectivity index (χ0v) is 13.9. The van der Waals surface area contributed by atoms with E-state index in [1.807, 2.05) is 11.4 Å². The van der Waals surface area contributed by atoms with Gasteiger partial charge in [-0.3, -0.25) is 9.59 Å². The Morgan fingerprint density at radius 3 is 2.88 bits per heavy atom. The van der Waals surface area contributed by atoms with Gasteiger partial charge in [0.2, 0.25) is 0 Å². The van der Waals surface area contributed by atoms with E-state index in [1.54, 1.807) is 26.0 Å². The van der Waals surface area contributed by atoms with Gasteiger partial charge in [0.05, 0.1) is 29.1 Å². The minimum atomic E-state index is -0.981. The number of carbonyl (C=O) groups excluding carboxylic acids is 1. The summed E-state index contributed by atoms with van der Waals surface area (Å²) in [7, 11) is 0. The molecule has 0 spiro atoms. The van der Waals surface area contributed by atoms with E-state index >= 15 is 0 Å². The highest BCUT2D eigenvalue weighted by molar-refractivity contribution is 7.10. The molecule has 0 fully saturated rings. The topological polar surface area (TPSA) is 105 Å². The molecular formula is C16H15N3O4S. The molecule has 3 rings (SSSR count). The van der Waals surface area contributed by atoms with Crippen LogP contribution < -0.4 is 5.32 Å². The number of rotatable bonds is 5. The number of aromatic nitrogens is 2. The van der Waals surface area contributed by atoms with Gasteiger partial charge in [0.1, 0.15) is 0 Å². The molecule has 7 nitrogen and oxygen atoms in total. The van der Waals surface area contributed by atoms with Gasteiger partial charge in [-0.25, -0.2) is 4.98 Å². The van der Waals surface area contributed by atoms with E-state index < -0.39 is 12.0 Å². The van der Waals surface area contributed by atoms with Crippen LogP contribution in [0.2, 0.25) is 0 Å². The second kappa shape index (κ2) is 6.40. The molecule has 0 radical (unpaired) electrons. The lowest BCUT2D eigenvalue weighted by Gasteiger charge is -2.16. The molecule has 0 aliphatic rings. The van der Waals surface area contributed by atoms with Crippen molar-refractivity contribution in [2.45, 2.75) is 26.3 Å². The van der Waals surface area contributed by atoms with E-state index in [-0.39, 0.29) is 12.3 Å². The quantitative estimate of drug-likeness (QED) is 0.736. The number of carboxylic acids is 1. The molecule has 1 atom stereocenters. The Morgan fingerprint density at radius 2 is 2.21 bits per heavy atom. The molecule has 0 saturated carbocycles. The highest BCUT2D eigenvalue weighted by atomic mass is 32.1. The van der Waals surface area contributed by atoms with Crippen molar-refractivity contribution in [1.82, 2.24) is 15.5 Å². The van der Waals surface area contributed by atoms with Crippen LogP contribution in [0.1, 0.15) is 39.1 Å². The van der Waals surface area contributed by atoms with Gasteiger partial charge in [-0.05, 0) is 31.4 Å². The minimum absolute atomic E-state index is 0.192. The summed E-state index contributed by atoms with van der Waals surface area (Å²) in [6.45, 7) is 3.48. The molecule has 1 unspecified atom stereocenters. The Labute approximate surface area is 141 Å². The largest absolute Gasteiger partial charge is 0.481 e. The molecule has 0 aliphatic heterocycles. The second-order valence-electron chi connectivity index (χ2n) is 5.40. The van der Waals surface area contributed by atoms with Gasteiger partial charge in [-0.15, -0.1) is 11.3 Å². The second-order valence-corrected chi connectivity index (χ2v) is 6.38. The summed E-state index contributed by atoms with van der Waals surface area (Å²) < 4.78 is 5.13. The summed E-state index contributed by atoms with van der Waals surface area (Å²) in [6.07, 6.45) is -0.192. The minimum Gasteiger partial charge on any atom is -0.481 e. The zero-order valence-electron chi connectivity index (χ0n) is 13.1. The van der Waals surface area contributed by atoms with Crippen LogP contribution in [0.5, 0.6) is 0 Å². The first-order chi connectivity index (χ1) is 11.5. The Balaban J connectivity index is 1.96. The van der Waals surface area contributed by atoms with Crippen molar-refractivity contribution in [3.05, 3.63) is 45.4 Å². The van der Waals surface area contributed by atoms with E-state index in [1.165, 1.54) is 11.3 Å². The smallest absolute Gasteiger partial charge is 0.305 e. The molecule has 1 amide bonds. The Hall–Kier alpha value is -2.74. The molecule has 8 heteroatoms. The standard InChI is InChI=1S/C16H15N3O4S/c1-8-6-10(14-9(2)19-23-16(14)17-8)15(22)18-11(7-13(20)21)12-4-3-5-24-12/h3-6,11H,7H2,1-2H3,(H,18,22)(H,20,21). The van der Waals surface area contributed by atoms with E-state index in [0.29, 0.717) is 28.1 Å². The normalized spacial score (nSPS) is 12.2. The number of fused-ring (bicyclic) bond motifs is 1. The van der Waals surface area contributed by atoms with Crippen LogP contribution in [0.25, 0.3) is 11.1 Å². The molecule has 3 aromatic heterocycles. The summed E-state index contributed by atoms with van der Waals surface area (Å²) in [5, 5.41) is 18.1. The van der Waals surface area contributed by atoms with Gasteiger partial charge in [0, 0.05) is 10.6 Å². The lowest BCUT2D eigenvalue weighted by molar-refractivity contribution is -0.137. The van der Waals surface area contributed by atoms with Crippen molar-refractivity contribution in [2.75, 3.05) is 0 Å². The first kappa shape index (κ1) is 16.1. The third kappa shape index (κ3) is 3.13. The Bertz CT molecular complexity index is 902. The molecule has 0 aliphatic carbocycles. The SMILES string of the molecule is Cc1cc(C(=O)NC(CC(=O)O)c2cccs2)c2c(C)noc2n1. The summed E-state index contributed by atoms with van der Waals surface area (Å²) in [4.78, 5) is 28.9. The fourth-order valence-electron chi connectivity index (χ4n) is 2.52. The Kier molecular flexibility index (Phi) is 4.30. The van der Waals surface area contributed by atoms with Crippen LogP contribution in [-0.4, -0.2) is 27.1 Å². The molecular weight excluding hydrogens is 330 g/mol. The third-order valence-electron chi connectivity index (χ3n) is 3.56. The van der Waals surface area contributed by atoms with Gasteiger partial charge < -0.3 is 14.9 Å². The number of nitrogens with one attached hydrogen (secondary N) is 1. The lowest BCUT2D eigenvalue weighted by Crippen LogP contribution is -2.30. The molecule has 3 heterocycles. The number of nitrogens with zero attached hydrogens (tertiary/aromatic N) is 2. The lowest BCUT2D eigenvalue weighted by atomic mass is 10.1. The van der Waals surface area contributed by atoms with Crippen molar-refractivity contribution >= 4 is 34.3 Å². The maximum Gasteiger partial charge on any atom is 0.305 e. The van der Waals surface area contributed by atoms with Gasteiger partial charge in [0.15, 0.2) is 0 Å². The monoisotopic (exact) mass is 345 g/mol. The molecule has 0 saturated heterocycles. The predicted molar refractivity (Wildman–Crippen MR) is 88.1 cm³/mol. The van der Waals surface area contributed by atoms with Crippen LogP contribution in [0.15, 0.2) is 28.1 Å². The van der Waals surface area contributed by atoms with Crippen LogP contribution in [0.4, 0.5) is 0 Å². The summed E-state index contributed by atoms with van der Waals surface area (Å²) >= 11 is 1.40. The summed E-state index contributed by atoms with van der Waals surface area (Å²) in [5.74, 6) is -1.36. The molecule has 24 heavy (non-hydrogen) atoms. The maximum atomic E-state index is 12.8. The average molecular weight is 345 g/mol. The number of aliphatic carboxylic acids is 1. The van der Waals surface area contributed by atoms with Gasteiger partial charge >= 0.3 is 5.97 Å². The van der Waals surface area contributed by atoms with Crippen LogP contribution in [-0.2, 0) is 4.79 Å². The molecule has 2 N–H and O–H groups in total. The highest BCUT2D eigenvalue weighted by Crippen LogP contribution is 2.25. The zero-order chi connectivity index (χ0) is 17.3. The predicted octanol–water partition coefficient (Wildman–Crippen LogP) is 2.85. The van der Waals surface area contributed by atoms with Crippen molar-refractivity contribution < 1.29 is 19.2 Å². The van der Waals surface area contributed by atoms with Gasteiger partial charge in [0.25, 0.3) is 11.6 Å². The fourth-order valence-corrected chi connectivity index (χ4v) is 3.30. The van der Waals surface area contributed by atoms with Crippen molar-refractivity contribution in [3.63, 3.8) is 0 Å². The van der Waals surface area contributed by atoms with Crippen molar-refractivity contribution in [1.29, 1.82) is 0 Å². The number of hydrogen-bond donors (Lipinski definition) is 2. The molecule has 0 bridgehead atoms. The van der Waals surface area contributed by atoms with E-state index in [9.17, 15) is 9.59 Å². The van der Waals surface area contributed by atoms with Crippen LogP contribution in [0, 0.1) is 13.8 Å². The summed E-state index contributed by atoms with van der Waals surface area (Å²) in [6, 6.07) is 4.67. The van der Waals surface area contributed by atoms with Gasteiger partial charge in [-0.1, -0.05) is 11.2 Å². The third-order valence-corrected chi connectivity index (χ3v) is 4.55. The number of pyridine rings is 1. The van der Waals surface area contributed by atoms with E-state index in [2.05, 4.69) is 15.5 Å². The number of hydrogen-bond acceptors (Lipinski definition) is 6. The Morgan fingerprint density at radius 1 is 1.42 bits per heavy atom. The molecule has 124 valence electrons. The van der Waals surface area contributed by atoms with Crippen LogP contribution >= 0.6 is 11.3 Å². The first-order valence-electron chi connectivity index (χ1n) is 7.25. The fraction of sp³-hybridized carbons (Fsp3) is 0.250. The molecule has 0 aromatic carbocycles. The number of amides is 1. The maximum absolute atomic E-state index is 12.8. The van der Waals surface area contributed by atoms with E-state index in [4.69, 9.17) is 9.63 Å². The summed E-state index contributed by atoms with van der Waals surface area (Å²) in [5.41, 5.74) is 1.86. The van der Waals surface area contributed by atoms with E-state index in [0.717, 1.165) is 4.88 Å². The van der Waals surface area contributed by atoms with Crippen molar-refractivity contribution in [2.24, 2.45) is 0 Å². The van der Waals surface area contributed by atoms with Crippen LogP contribution in [0.3, 0.4) is 0 Å². The number of aryl methyl sites for hydroxylation is 2. The number of carbonyl (C=O) groups is 2. The van der Waals surface area contributed by atoms with Crippen molar-refractivity contribution in [3.8, 4) is 0 Å². The van der Waals surface area contributed by atoms with Gasteiger partial charge in [-0.2, -0.15) is 0 Å². The highest BCUT2D eigenvalue weighted by Gasteiger charge is 2.23. The number of thiophene rings is 1. The first-order valence-corrected chi connectivity index (χ1v) is 8.13. The number of carboxylic acid groups (broad SMARTS) is 1. The molecule has 3 aromatic rings. The average Bonchev–Trinajstić information content (AvgIpc) is 3.15.